The Morgan fingerprint density at radius 3 is 2.55 bits per heavy atom. The standard InChI is InChI=1S/C16H14BrClO4/c1-20-15(19)10-16(21-12-5-3-2-4-6-12)22-14-8-7-11(17)9-13(14)18/h2-9,16H,10H2,1H3. The molecule has 0 radical (unpaired) electrons. The van der Waals surface area contributed by atoms with E-state index in [0.29, 0.717) is 16.5 Å². The van der Waals surface area contributed by atoms with Gasteiger partial charge in [0.05, 0.1) is 12.1 Å². The molecule has 22 heavy (non-hydrogen) atoms. The summed E-state index contributed by atoms with van der Waals surface area (Å²) in [4.78, 5) is 11.5. The number of carbonyl (C=O) groups excluding carboxylic acids is 1. The van der Waals surface area contributed by atoms with Gasteiger partial charge in [-0.2, -0.15) is 0 Å². The smallest absolute Gasteiger partial charge is 0.313 e. The molecule has 6 heteroatoms. The summed E-state index contributed by atoms with van der Waals surface area (Å²) < 4.78 is 16.9. The maximum absolute atomic E-state index is 11.5. The first-order valence-electron chi connectivity index (χ1n) is 6.48. The van der Waals surface area contributed by atoms with Crippen molar-refractivity contribution in [3.8, 4) is 11.5 Å². The third-order valence-electron chi connectivity index (χ3n) is 2.72. The summed E-state index contributed by atoms with van der Waals surface area (Å²) in [5.41, 5.74) is 0. The highest BCUT2D eigenvalue weighted by Gasteiger charge is 2.19. The monoisotopic (exact) mass is 384 g/mol. The summed E-state index contributed by atoms with van der Waals surface area (Å²) in [5.74, 6) is 0.577. The zero-order valence-electron chi connectivity index (χ0n) is 11.8. The van der Waals surface area contributed by atoms with Gasteiger partial charge in [0, 0.05) is 4.47 Å². The van der Waals surface area contributed by atoms with Gasteiger partial charge >= 0.3 is 5.97 Å². The molecule has 2 aromatic carbocycles. The molecule has 0 heterocycles. The van der Waals surface area contributed by atoms with Crippen LogP contribution in [0.15, 0.2) is 53.0 Å². The zero-order chi connectivity index (χ0) is 15.9. The molecule has 0 bridgehead atoms. The first kappa shape index (κ1) is 16.6. The van der Waals surface area contributed by atoms with Gasteiger partial charge in [0.1, 0.15) is 17.9 Å². The van der Waals surface area contributed by atoms with Crippen LogP contribution in [-0.2, 0) is 9.53 Å². The fraction of sp³-hybridized carbons (Fsp3) is 0.188. The topological polar surface area (TPSA) is 44.8 Å². The number of hydrogen-bond acceptors (Lipinski definition) is 4. The van der Waals surface area contributed by atoms with E-state index in [1.807, 2.05) is 18.2 Å². The quantitative estimate of drug-likeness (QED) is 0.544. The van der Waals surface area contributed by atoms with Crippen LogP contribution in [0.4, 0.5) is 0 Å². The number of hydrogen-bond donors (Lipinski definition) is 0. The number of benzene rings is 2. The Kier molecular flexibility index (Phi) is 6.10. The van der Waals surface area contributed by atoms with Crippen molar-refractivity contribution in [1.29, 1.82) is 0 Å². The second kappa shape index (κ2) is 8.06. The average Bonchev–Trinajstić information content (AvgIpc) is 2.51. The lowest BCUT2D eigenvalue weighted by atomic mass is 10.3. The fourth-order valence-corrected chi connectivity index (χ4v) is 2.41. The van der Waals surface area contributed by atoms with Crippen molar-refractivity contribution in [3.63, 3.8) is 0 Å². The summed E-state index contributed by atoms with van der Waals surface area (Å²) >= 11 is 9.44. The minimum Gasteiger partial charge on any atom is -0.469 e. The van der Waals surface area contributed by atoms with Gasteiger partial charge in [0.25, 0.3) is 6.29 Å². The van der Waals surface area contributed by atoms with Crippen LogP contribution in [-0.4, -0.2) is 19.4 Å². The highest BCUT2D eigenvalue weighted by molar-refractivity contribution is 9.10. The minimum absolute atomic E-state index is 0.0578. The van der Waals surface area contributed by atoms with Crippen molar-refractivity contribution < 1.29 is 19.0 Å². The van der Waals surface area contributed by atoms with Crippen molar-refractivity contribution in [2.24, 2.45) is 0 Å². The minimum atomic E-state index is -0.839. The number of halogens is 2. The maximum atomic E-state index is 11.5. The molecule has 1 unspecified atom stereocenters. The lowest BCUT2D eigenvalue weighted by Gasteiger charge is -2.20. The van der Waals surface area contributed by atoms with Crippen LogP contribution >= 0.6 is 27.5 Å². The summed E-state index contributed by atoms with van der Waals surface area (Å²) in [6.07, 6.45) is -0.897. The summed E-state index contributed by atoms with van der Waals surface area (Å²) in [6.45, 7) is 0. The van der Waals surface area contributed by atoms with Crippen molar-refractivity contribution in [2.45, 2.75) is 12.7 Å². The van der Waals surface area contributed by atoms with Gasteiger partial charge < -0.3 is 14.2 Å². The summed E-state index contributed by atoms with van der Waals surface area (Å²) in [6, 6.07) is 14.3. The van der Waals surface area contributed by atoms with Gasteiger partial charge in [0.2, 0.25) is 0 Å². The molecule has 4 nitrogen and oxygen atoms in total. The maximum Gasteiger partial charge on any atom is 0.313 e. The van der Waals surface area contributed by atoms with Crippen LogP contribution in [0.3, 0.4) is 0 Å². The molecule has 0 N–H and O–H groups in total. The number of carbonyl (C=O) groups is 1. The Morgan fingerprint density at radius 2 is 1.91 bits per heavy atom. The van der Waals surface area contributed by atoms with Crippen molar-refractivity contribution in [1.82, 2.24) is 0 Å². The number of para-hydroxylation sites is 1. The molecule has 0 aliphatic carbocycles. The molecule has 0 saturated heterocycles. The molecule has 1 atom stereocenters. The van der Waals surface area contributed by atoms with E-state index in [1.54, 1.807) is 30.3 Å². The highest BCUT2D eigenvalue weighted by atomic mass is 79.9. The normalized spacial score (nSPS) is 11.6. The van der Waals surface area contributed by atoms with E-state index in [0.717, 1.165) is 4.47 Å². The fourth-order valence-electron chi connectivity index (χ4n) is 1.69. The molecule has 0 saturated carbocycles. The van der Waals surface area contributed by atoms with Crippen molar-refractivity contribution >= 4 is 33.5 Å². The van der Waals surface area contributed by atoms with Crippen molar-refractivity contribution in [3.05, 3.63) is 58.0 Å². The van der Waals surface area contributed by atoms with Crippen LogP contribution in [0.1, 0.15) is 6.42 Å². The Balaban J connectivity index is 2.14. The van der Waals surface area contributed by atoms with Crippen LogP contribution in [0.25, 0.3) is 0 Å². The zero-order valence-corrected chi connectivity index (χ0v) is 14.1. The third kappa shape index (κ3) is 4.93. The highest BCUT2D eigenvalue weighted by Crippen LogP contribution is 2.29. The predicted molar refractivity (Wildman–Crippen MR) is 87.3 cm³/mol. The van der Waals surface area contributed by atoms with Gasteiger partial charge in [-0.3, -0.25) is 4.79 Å². The van der Waals surface area contributed by atoms with Gasteiger partial charge in [-0.1, -0.05) is 45.7 Å². The molecule has 0 aliphatic heterocycles. The number of ether oxygens (including phenoxy) is 3. The van der Waals surface area contributed by atoms with E-state index >= 15 is 0 Å². The molecule has 0 fully saturated rings. The second-order valence-electron chi connectivity index (χ2n) is 4.33. The number of methoxy groups -OCH3 is 1. The Bertz CT molecular complexity index is 633. The lowest BCUT2D eigenvalue weighted by Crippen LogP contribution is -2.27. The molecule has 0 aliphatic rings. The van der Waals surface area contributed by atoms with E-state index in [2.05, 4.69) is 20.7 Å². The SMILES string of the molecule is COC(=O)CC(Oc1ccccc1)Oc1ccc(Br)cc1Cl. The van der Waals surface area contributed by atoms with Crippen molar-refractivity contribution in [2.75, 3.05) is 7.11 Å². The van der Waals surface area contributed by atoms with Gasteiger partial charge in [0.15, 0.2) is 0 Å². The van der Waals surface area contributed by atoms with E-state index in [4.69, 9.17) is 21.1 Å². The first-order chi connectivity index (χ1) is 10.6. The van der Waals surface area contributed by atoms with E-state index in [-0.39, 0.29) is 6.42 Å². The predicted octanol–water partition coefficient (Wildman–Crippen LogP) is 4.45. The summed E-state index contributed by atoms with van der Waals surface area (Å²) in [5, 5.41) is 0.418. The van der Waals surface area contributed by atoms with Gasteiger partial charge in [-0.15, -0.1) is 0 Å². The van der Waals surface area contributed by atoms with Crippen LogP contribution in [0, 0.1) is 0 Å². The van der Waals surface area contributed by atoms with E-state index in [9.17, 15) is 4.79 Å². The molecule has 0 spiro atoms. The number of rotatable bonds is 6. The molecule has 2 aromatic rings. The Labute approximate surface area is 142 Å². The van der Waals surface area contributed by atoms with Crippen LogP contribution < -0.4 is 9.47 Å². The average molecular weight is 386 g/mol. The van der Waals surface area contributed by atoms with Crippen LogP contribution in [0.2, 0.25) is 5.02 Å². The molecular formula is C16H14BrClO4. The first-order valence-corrected chi connectivity index (χ1v) is 7.66. The Morgan fingerprint density at radius 1 is 1.18 bits per heavy atom. The third-order valence-corrected chi connectivity index (χ3v) is 3.51. The lowest BCUT2D eigenvalue weighted by molar-refractivity contribution is -0.146. The Hall–Kier alpha value is -1.72. The molecular weight excluding hydrogens is 372 g/mol. The largest absolute Gasteiger partial charge is 0.469 e. The van der Waals surface area contributed by atoms with Crippen LogP contribution in [0.5, 0.6) is 11.5 Å². The molecule has 2 rings (SSSR count). The van der Waals surface area contributed by atoms with Gasteiger partial charge in [-0.05, 0) is 30.3 Å². The molecule has 116 valence electrons. The molecule has 0 amide bonds. The number of esters is 1. The van der Waals surface area contributed by atoms with E-state index in [1.165, 1.54) is 7.11 Å². The summed E-state index contributed by atoms with van der Waals surface area (Å²) in [7, 11) is 1.31. The van der Waals surface area contributed by atoms with E-state index < -0.39 is 12.3 Å². The molecule has 0 aromatic heterocycles. The second-order valence-corrected chi connectivity index (χ2v) is 5.66. The van der Waals surface area contributed by atoms with Gasteiger partial charge in [-0.25, -0.2) is 0 Å².